The van der Waals surface area contributed by atoms with E-state index in [1.807, 2.05) is 0 Å². The molecule has 1 aliphatic heterocycles. The Morgan fingerprint density at radius 3 is 2.10 bits per heavy atom. The Balaban J connectivity index is 1.54. The summed E-state index contributed by atoms with van der Waals surface area (Å²) in [5, 5.41) is 2.58. The summed E-state index contributed by atoms with van der Waals surface area (Å²) in [6.07, 6.45) is -3.85. The highest BCUT2D eigenvalue weighted by atomic mass is 32.2. The van der Waals surface area contributed by atoms with E-state index in [0.29, 0.717) is 18.4 Å². The van der Waals surface area contributed by atoms with Gasteiger partial charge in [-0.1, -0.05) is 12.1 Å². The maximum atomic E-state index is 13.0. The maximum absolute atomic E-state index is 13.0. The number of hydrogen-bond donors (Lipinski definition) is 1. The number of piperidine rings is 1. The molecule has 0 aliphatic carbocycles. The summed E-state index contributed by atoms with van der Waals surface area (Å²) in [6, 6.07) is 9.37. The maximum Gasteiger partial charge on any atom is 0.416 e. The number of rotatable bonds is 5. The van der Waals surface area contributed by atoms with E-state index in [2.05, 4.69) is 5.32 Å². The molecule has 2 aromatic carbocycles. The van der Waals surface area contributed by atoms with Crippen molar-refractivity contribution in [1.82, 2.24) is 4.31 Å². The van der Waals surface area contributed by atoms with Crippen LogP contribution in [0.2, 0.25) is 0 Å². The Hall–Kier alpha value is -2.46. The van der Waals surface area contributed by atoms with Gasteiger partial charge < -0.3 is 5.32 Å². The second kappa shape index (κ2) is 8.73. The molecule has 0 unspecified atom stereocenters. The summed E-state index contributed by atoms with van der Waals surface area (Å²) >= 11 is 0. The zero-order valence-corrected chi connectivity index (χ0v) is 16.6. The molecule has 1 heterocycles. The molecule has 162 valence electrons. The molecule has 1 fully saturated rings. The summed E-state index contributed by atoms with van der Waals surface area (Å²) in [5.74, 6) is -1.50. The monoisotopic (exact) mass is 444 g/mol. The van der Waals surface area contributed by atoms with Gasteiger partial charge in [0, 0.05) is 24.7 Å². The highest BCUT2D eigenvalue weighted by Gasteiger charge is 2.32. The Kier molecular flexibility index (Phi) is 6.47. The zero-order chi connectivity index (χ0) is 21.9. The van der Waals surface area contributed by atoms with Crippen LogP contribution in [0.15, 0.2) is 48.5 Å². The minimum Gasteiger partial charge on any atom is -0.326 e. The number of hydrogen-bond acceptors (Lipinski definition) is 3. The Morgan fingerprint density at radius 1 is 1.00 bits per heavy atom. The quantitative estimate of drug-likeness (QED) is 0.709. The third-order valence-electron chi connectivity index (χ3n) is 4.96. The fourth-order valence-electron chi connectivity index (χ4n) is 3.27. The number of sulfonamides is 1. The van der Waals surface area contributed by atoms with Crippen molar-refractivity contribution >= 4 is 21.6 Å². The number of carbonyl (C=O) groups excluding carboxylic acids is 1. The van der Waals surface area contributed by atoms with Gasteiger partial charge in [0.05, 0.1) is 11.3 Å². The van der Waals surface area contributed by atoms with Gasteiger partial charge >= 0.3 is 6.18 Å². The third-order valence-corrected chi connectivity index (χ3v) is 6.81. The second-order valence-corrected chi connectivity index (χ2v) is 9.09. The highest BCUT2D eigenvalue weighted by Crippen LogP contribution is 2.30. The van der Waals surface area contributed by atoms with Crippen molar-refractivity contribution in [3.63, 3.8) is 0 Å². The number of alkyl halides is 3. The number of nitrogens with one attached hydrogen (secondary N) is 1. The van der Waals surface area contributed by atoms with Crippen LogP contribution < -0.4 is 5.32 Å². The van der Waals surface area contributed by atoms with Crippen molar-refractivity contribution < 1.29 is 30.8 Å². The molecule has 0 spiro atoms. The molecule has 3 rings (SSSR count). The van der Waals surface area contributed by atoms with E-state index >= 15 is 0 Å². The second-order valence-electron chi connectivity index (χ2n) is 7.12. The van der Waals surface area contributed by atoms with Crippen molar-refractivity contribution in [2.24, 2.45) is 5.92 Å². The topological polar surface area (TPSA) is 66.5 Å². The van der Waals surface area contributed by atoms with Gasteiger partial charge in [0.15, 0.2) is 0 Å². The molecule has 30 heavy (non-hydrogen) atoms. The van der Waals surface area contributed by atoms with E-state index in [1.54, 1.807) is 0 Å². The molecule has 0 aromatic heterocycles. The van der Waals surface area contributed by atoms with Crippen molar-refractivity contribution in [2.75, 3.05) is 18.4 Å². The first-order valence-electron chi connectivity index (χ1n) is 9.25. The molecule has 1 amide bonds. The molecule has 0 atom stereocenters. The van der Waals surface area contributed by atoms with E-state index in [0.717, 1.165) is 12.1 Å². The van der Waals surface area contributed by atoms with Gasteiger partial charge in [0.25, 0.3) is 0 Å². The lowest BCUT2D eigenvalue weighted by molar-refractivity contribution is -0.137. The number of anilines is 1. The van der Waals surface area contributed by atoms with Crippen LogP contribution in [0.1, 0.15) is 24.0 Å². The van der Waals surface area contributed by atoms with Crippen LogP contribution in [-0.2, 0) is 26.7 Å². The van der Waals surface area contributed by atoms with Crippen molar-refractivity contribution in [2.45, 2.75) is 24.8 Å². The molecule has 1 saturated heterocycles. The first kappa shape index (κ1) is 22.2. The van der Waals surface area contributed by atoms with Gasteiger partial charge in [-0.05, 0) is 54.8 Å². The Labute approximate surface area is 171 Å². The molecule has 1 aliphatic rings. The van der Waals surface area contributed by atoms with Gasteiger partial charge in [0.1, 0.15) is 5.82 Å². The van der Waals surface area contributed by atoms with Gasteiger partial charge in [-0.2, -0.15) is 13.2 Å². The molecular weight excluding hydrogens is 424 g/mol. The largest absolute Gasteiger partial charge is 0.416 e. The normalized spacial score (nSPS) is 16.4. The lowest BCUT2D eigenvalue weighted by Crippen LogP contribution is -2.41. The number of nitrogens with zero attached hydrogens (tertiary/aromatic N) is 1. The van der Waals surface area contributed by atoms with E-state index in [9.17, 15) is 30.8 Å². The molecule has 2 aromatic rings. The van der Waals surface area contributed by atoms with Crippen molar-refractivity contribution in [1.29, 1.82) is 0 Å². The standard InChI is InChI=1S/C20H20F4N2O3S/c21-17-5-1-14(2-6-17)13-30(28,29)26-11-9-15(10-12-26)19(27)25-18-7-3-16(4-8-18)20(22,23)24/h1-8,15H,9-13H2,(H,25,27). The van der Waals surface area contributed by atoms with E-state index in [-0.39, 0.29) is 30.4 Å². The summed E-state index contributed by atoms with van der Waals surface area (Å²) in [5.41, 5.74) is -0.0851. The van der Waals surface area contributed by atoms with Gasteiger partial charge in [0.2, 0.25) is 15.9 Å². The van der Waals surface area contributed by atoms with E-state index < -0.39 is 33.5 Å². The highest BCUT2D eigenvalue weighted by molar-refractivity contribution is 7.88. The molecule has 1 N–H and O–H groups in total. The zero-order valence-electron chi connectivity index (χ0n) is 15.8. The fourth-order valence-corrected chi connectivity index (χ4v) is 4.83. The summed E-state index contributed by atoms with van der Waals surface area (Å²) < 4.78 is 77.2. The Bertz CT molecular complexity index is 982. The molecule has 0 saturated carbocycles. The smallest absolute Gasteiger partial charge is 0.326 e. The van der Waals surface area contributed by atoms with Gasteiger partial charge in [-0.15, -0.1) is 0 Å². The number of carbonyl (C=O) groups is 1. The van der Waals surface area contributed by atoms with Crippen LogP contribution in [0.25, 0.3) is 0 Å². The molecule has 0 bridgehead atoms. The minimum atomic E-state index is -4.45. The molecule has 5 nitrogen and oxygen atoms in total. The summed E-state index contributed by atoms with van der Waals surface area (Å²) in [4.78, 5) is 12.4. The third kappa shape index (κ3) is 5.57. The first-order chi connectivity index (χ1) is 14.0. The lowest BCUT2D eigenvalue weighted by atomic mass is 9.97. The van der Waals surface area contributed by atoms with Crippen LogP contribution in [0, 0.1) is 11.7 Å². The SMILES string of the molecule is O=C(Nc1ccc(C(F)(F)F)cc1)C1CCN(S(=O)(=O)Cc2ccc(F)cc2)CC1. The fraction of sp³-hybridized carbons (Fsp3) is 0.350. The molecule has 10 heteroatoms. The van der Waals surface area contributed by atoms with Crippen LogP contribution in [-0.4, -0.2) is 31.7 Å². The number of benzene rings is 2. The lowest BCUT2D eigenvalue weighted by Gasteiger charge is -2.30. The van der Waals surface area contributed by atoms with Gasteiger partial charge in [-0.3, -0.25) is 4.79 Å². The number of halogens is 4. The van der Waals surface area contributed by atoms with Crippen LogP contribution in [0.4, 0.5) is 23.2 Å². The van der Waals surface area contributed by atoms with Crippen molar-refractivity contribution in [3.05, 3.63) is 65.5 Å². The Morgan fingerprint density at radius 2 is 1.57 bits per heavy atom. The molecular formula is C20H20F4N2O3S. The van der Waals surface area contributed by atoms with Crippen LogP contribution >= 0.6 is 0 Å². The molecule has 0 radical (unpaired) electrons. The predicted molar refractivity (Wildman–Crippen MR) is 103 cm³/mol. The van der Waals surface area contributed by atoms with Gasteiger partial charge in [-0.25, -0.2) is 17.1 Å². The van der Waals surface area contributed by atoms with E-state index in [4.69, 9.17) is 0 Å². The van der Waals surface area contributed by atoms with E-state index in [1.165, 1.54) is 40.7 Å². The predicted octanol–water partition coefficient (Wildman–Crippen LogP) is 4.03. The minimum absolute atomic E-state index is 0.161. The van der Waals surface area contributed by atoms with Crippen LogP contribution in [0.3, 0.4) is 0 Å². The summed E-state index contributed by atoms with van der Waals surface area (Å²) in [7, 11) is -3.60. The van der Waals surface area contributed by atoms with Crippen LogP contribution in [0.5, 0.6) is 0 Å². The first-order valence-corrected chi connectivity index (χ1v) is 10.9. The van der Waals surface area contributed by atoms with Crippen molar-refractivity contribution in [3.8, 4) is 0 Å². The average Bonchev–Trinajstić information content (AvgIpc) is 2.69. The summed E-state index contributed by atoms with van der Waals surface area (Å²) in [6.45, 7) is 0.323. The number of amides is 1. The average molecular weight is 444 g/mol.